The molecule has 196 valence electrons. The molecule has 0 radical (unpaired) electrons. The van der Waals surface area contributed by atoms with Crippen LogP contribution in [0.5, 0.6) is 0 Å². The van der Waals surface area contributed by atoms with Gasteiger partial charge in [0.2, 0.25) is 0 Å². The quantitative estimate of drug-likeness (QED) is 0.300. The summed E-state index contributed by atoms with van der Waals surface area (Å²) in [5.74, 6) is 2.24. The number of esters is 1. The Morgan fingerprint density at radius 1 is 0.829 bits per heavy atom. The van der Waals surface area contributed by atoms with E-state index >= 15 is 0 Å². The lowest BCUT2D eigenvalue weighted by Crippen LogP contribution is -2.56. The van der Waals surface area contributed by atoms with Crippen molar-refractivity contribution < 1.29 is 14.3 Å². The van der Waals surface area contributed by atoms with Gasteiger partial charge >= 0.3 is 5.97 Å². The molecule has 3 nitrogen and oxygen atoms in total. The van der Waals surface area contributed by atoms with Gasteiger partial charge in [-0.05, 0) is 92.3 Å². The molecule has 0 aromatic rings. The van der Waals surface area contributed by atoms with Crippen molar-refractivity contribution in [1.29, 1.82) is 0 Å². The van der Waals surface area contributed by atoms with Crippen LogP contribution in [-0.4, -0.2) is 17.9 Å². The molecular weight excluding hydrogens is 432 g/mol. The molecule has 0 aliphatic heterocycles. The van der Waals surface area contributed by atoms with Gasteiger partial charge in [-0.15, -0.1) is 0 Å². The second-order valence-electron chi connectivity index (χ2n) is 14.3. The van der Waals surface area contributed by atoms with Crippen molar-refractivity contribution in [3.05, 3.63) is 24.3 Å². The average Bonchev–Trinajstić information content (AvgIpc) is 2.74. The van der Waals surface area contributed by atoms with E-state index in [1.165, 1.54) is 11.1 Å². The summed E-state index contributed by atoms with van der Waals surface area (Å²) < 4.78 is 5.83. The van der Waals surface area contributed by atoms with E-state index in [9.17, 15) is 9.59 Å². The molecule has 0 bridgehead atoms. The molecule has 0 N–H and O–H groups in total. The normalized spacial score (nSPS) is 42.7. The zero-order valence-electron chi connectivity index (χ0n) is 23.6. The zero-order chi connectivity index (χ0) is 26.0. The van der Waals surface area contributed by atoms with Crippen LogP contribution < -0.4 is 0 Å². The van der Waals surface area contributed by atoms with Crippen molar-refractivity contribution in [2.75, 3.05) is 0 Å². The van der Waals surface area contributed by atoms with Crippen LogP contribution in [-0.2, 0) is 14.3 Å². The maximum Gasteiger partial charge on any atom is 0.302 e. The Morgan fingerprint density at radius 3 is 1.89 bits per heavy atom. The number of hydrogen-bond donors (Lipinski definition) is 0. The van der Waals surface area contributed by atoms with E-state index in [1.807, 2.05) is 0 Å². The SMILES string of the molecule is C=C1CC[C@H]2C(C)(C)C(=O)CC[C@]2(C)[C@@H]1CC[C@H]1C(=C)CC[C@H]2C(C)(C)[C@@H](OC(C)=O)CC[C@]12C. The summed E-state index contributed by atoms with van der Waals surface area (Å²) in [5, 5.41) is 0. The molecule has 0 spiro atoms. The van der Waals surface area contributed by atoms with Crippen molar-refractivity contribution >= 4 is 11.8 Å². The third kappa shape index (κ3) is 4.17. The number of ketones is 1. The maximum absolute atomic E-state index is 12.8. The van der Waals surface area contributed by atoms with Crippen LogP contribution in [0.2, 0.25) is 0 Å². The lowest BCUT2D eigenvalue weighted by atomic mass is 9.44. The minimum absolute atomic E-state index is 0.00453. The van der Waals surface area contributed by atoms with E-state index in [0.717, 1.165) is 57.8 Å². The van der Waals surface area contributed by atoms with Gasteiger partial charge in [0.25, 0.3) is 0 Å². The van der Waals surface area contributed by atoms with Gasteiger partial charge in [0.1, 0.15) is 11.9 Å². The standard InChI is InChI=1S/C32H50O3/c1-20-10-14-25-29(4,5)27(34)16-18-31(25,8)23(20)12-13-24-21(2)11-15-26-30(6,7)28(35-22(3)33)17-19-32(24,26)9/h23-26,28H,1-2,10-19H2,3-9H3/t23-,24+,25+,26+,28+,31-,32-/m1/s1. The third-order valence-electron chi connectivity index (χ3n) is 11.9. The molecule has 4 saturated carbocycles. The highest BCUT2D eigenvalue weighted by molar-refractivity contribution is 5.85. The fraction of sp³-hybridized carbons (Fsp3) is 0.812. The third-order valence-corrected chi connectivity index (χ3v) is 11.9. The summed E-state index contributed by atoms with van der Waals surface area (Å²) in [6, 6.07) is 0. The van der Waals surface area contributed by atoms with Crippen LogP contribution >= 0.6 is 0 Å². The second-order valence-corrected chi connectivity index (χ2v) is 14.3. The van der Waals surface area contributed by atoms with Crippen LogP contribution in [0.3, 0.4) is 0 Å². The molecule has 4 aliphatic carbocycles. The minimum atomic E-state index is -0.226. The number of carbonyl (C=O) groups excluding carboxylic acids is 2. The number of carbonyl (C=O) groups is 2. The molecule has 0 aromatic carbocycles. The molecule has 0 amide bonds. The molecule has 0 aromatic heterocycles. The summed E-state index contributed by atoms with van der Waals surface area (Å²) in [7, 11) is 0. The van der Waals surface area contributed by atoms with Crippen LogP contribution in [0.25, 0.3) is 0 Å². The molecule has 0 unspecified atom stereocenters. The van der Waals surface area contributed by atoms with Gasteiger partial charge in [-0.3, -0.25) is 9.59 Å². The van der Waals surface area contributed by atoms with Crippen molar-refractivity contribution in [3.63, 3.8) is 0 Å². The minimum Gasteiger partial charge on any atom is -0.462 e. The van der Waals surface area contributed by atoms with Gasteiger partial charge in [0, 0.05) is 24.2 Å². The summed E-state index contributed by atoms with van der Waals surface area (Å²) in [4.78, 5) is 24.6. The molecule has 7 atom stereocenters. The van der Waals surface area contributed by atoms with Crippen LogP contribution in [0.1, 0.15) is 113 Å². The van der Waals surface area contributed by atoms with Crippen molar-refractivity contribution in [3.8, 4) is 0 Å². The van der Waals surface area contributed by atoms with Crippen molar-refractivity contribution in [2.45, 2.75) is 119 Å². The predicted octanol–water partition coefficient (Wildman–Crippen LogP) is 8.08. The highest BCUT2D eigenvalue weighted by Gasteiger charge is 2.59. The molecular formula is C32H50O3. The predicted molar refractivity (Wildman–Crippen MR) is 143 cm³/mol. The average molecular weight is 483 g/mol. The molecule has 3 heteroatoms. The highest BCUT2D eigenvalue weighted by Crippen LogP contribution is 2.64. The number of allylic oxidation sites excluding steroid dienone is 2. The molecule has 0 heterocycles. The number of fused-ring (bicyclic) bond motifs is 2. The maximum atomic E-state index is 12.8. The van der Waals surface area contributed by atoms with Gasteiger partial charge in [-0.25, -0.2) is 0 Å². The Kier molecular flexibility index (Phi) is 6.76. The number of Topliss-reactive ketones (excluding diaryl/α,β-unsaturated/α-hetero) is 1. The lowest BCUT2D eigenvalue weighted by molar-refractivity contribution is -0.174. The largest absolute Gasteiger partial charge is 0.462 e. The summed E-state index contributed by atoms with van der Waals surface area (Å²) in [6.45, 7) is 24.7. The Balaban J connectivity index is 1.57. The highest BCUT2D eigenvalue weighted by atomic mass is 16.5. The van der Waals surface area contributed by atoms with E-state index in [4.69, 9.17) is 4.74 Å². The first-order valence-electron chi connectivity index (χ1n) is 14.2. The first-order valence-corrected chi connectivity index (χ1v) is 14.2. The van der Waals surface area contributed by atoms with Crippen LogP contribution in [0.15, 0.2) is 24.3 Å². The van der Waals surface area contributed by atoms with Gasteiger partial charge in [-0.1, -0.05) is 65.8 Å². The summed E-state index contributed by atoms with van der Waals surface area (Å²) in [6.07, 6.45) is 10.4. The molecule has 0 saturated heterocycles. The van der Waals surface area contributed by atoms with Crippen LogP contribution in [0.4, 0.5) is 0 Å². The van der Waals surface area contributed by atoms with Crippen molar-refractivity contribution in [1.82, 2.24) is 0 Å². The van der Waals surface area contributed by atoms with Gasteiger partial charge in [0.05, 0.1) is 0 Å². The molecule has 4 aliphatic rings. The summed E-state index contributed by atoms with van der Waals surface area (Å²) in [5.41, 5.74) is 2.93. The van der Waals surface area contributed by atoms with Crippen LogP contribution in [0, 0.1) is 45.3 Å². The van der Waals surface area contributed by atoms with E-state index < -0.39 is 0 Å². The van der Waals surface area contributed by atoms with E-state index in [0.29, 0.717) is 35.9 Å². The van der Waals surface area contributed by atoms with E-state index in [1.54, 1.807) is 6.92 Å². The second kappa shape index (κ2) is 8.88. The number of ether oxygens (including phenoxy) is 1. The monoisotopic (exact) mass is 482 g/mol. The fourth-order valence-corrected chi connectivity index (χ4v) is 9.94. The number of hydrogen-bond acceptors (Lipinski definition) is 3. The van der Waals surface area contributed by atoms with Gasteiger partial charge in [-0.2, -0.15) is 0 Å². The van der Waals surface area contributed by atoms with Crippen molar-refractivity contribution in [2.24, 2.45) is 45.3 Å². The Morgan fingerprint density at radius 2 is 1.34 bits per heavy atom. The first kappa shape index (κ1) is 26.7. The van der Waals surface area contributed by atoms with Gasteiger partial charge < -0.3 is 4.74 Å². The smallest absolute Gasteiger partial charge is 0.302 e. The van der Waals surface area contributed by atoms with E-state index in [-0.39, 0.29) is 33.7 Å². The zero-order valence-corrected chi connectivity index (χ0v) is 23.6. The van der Waals surface area contributed by atoms with Gasteiger partial charge in [0.15, 0.2) is 0 Å². The topological polar surface area (TPSA) is 43.4 Å². The Bertz CT molecular complexity index is 910. The molecule has 4 fully saturated rings. The first-order chi connectivity index (χ1) is 16.2. The Labute approximate surface area is 214 Å². The summed E-state index contributed by atoms with van der Waals surface area (Å²) >= 11 is 0. The van der Waals surface area contributed by atoms with E-state index in [2.05, 4.69) is 54.7 Å². The Hall–Kier alpha value is -1.38. The lowest BCUT2D eigenvalue weighted by Gasteiger charge is -2.60. The fourth-order valence-electron chi connectivity index (χ4n) is 9.94. The molecule has 4 rings (SSSR count). The number of rotatable bonds is 4. The molecule has 35 heavy (non-hydrogen) atoms.